The summed E-state index contributed by atoms with van der Waals surface area (Å²) in [5, 5.41) is 2.85. The number of hydrogen-bond donors (Lipinski definition) is 1. The number of benzene rings is 2. The summed E-state index contributed by atoms with van der Waals surface area (Å²) >= 11 is 3.34. The van der Waals surface area contributed by atoms with Crippen LogP contribution in [0.25, 0.3) is 0 Å². The van der Waals surface area contributed by atoms with Crippen molar-refractivity contribution in [2.24, 2.45) is 0 Å². The second kappa shape index (κ2) is 8.11. The molecule has 0 spiro atoms. The van der Waals surface area contributed by atoms with Crippen molar-refractivity contribution in [3.8, 4) is 0 Å². The Labute approximate surface area is 151 Å². The van der Waals surface area contributed by atoms with Crippen LogP contribution in [0, 0.1) is 13.8 Å². The lowest BCUT2D eigenvalue weighted by molar-refractivity contribution is -0.116. The van der Waals surface area contributed by atoms with Crippen LogP contribution in [0.2, 0.25) is 0 Å². The van der Waals surface area contributed by atoms with Crippen molar-refractivity contribution >= 4 is 33.4 Å². The number of rotatable bonds is 5. The summed E-state index contributed by atoms with van der Waals surface area (Å²) in [6, 6.07) is 13.1. The van der Waals surface area contributed by atoms with Crippen LogP contribution in [0.3, 0.4) is 0 Å². The van der Waals surface area contributed by atoms with E-state index in [1.54, 1.807) is 17.0 Å². The van der Waals surface area contributed by atoms with Gasteiger partial charge in [-0.15, -0.1) is 0 Å². The van der Waals surface area contributed by atoms with Gasteiger partial charge < -0.3 is 10.2 Å². The van der Waals surface area contributed by atoms with Crippen LogP contribution in [-0.4, -0.2) is 24.9 Å². The molecular weight excluding hydrogens is 368 g/mol. The zero-order valence-corrected chi connectivity index (χ0v) is 15.7. The predicted octanol–water partition coefficient (Wildman–Crippen LogP) is 3.85. The first kappa shape index (κ1) is 18.2. The molecule has 0 aromatic heterocycles. The molecule has 0 heterocycles. The molecule has 1 N–H and O–H groups in total. The number of halogens is 1. The van der Waals surface area contributed by atoms with E-state index in [9.17, 15) is 9.59 Å². The van der Waals surface area contributed by atoms with Gasteiger partial charge in [-0.25, -0.2) is 0 Å². The number of aryl methyl sites for hydroxylation is 2. The van der Waals surface area contributed by atoms with Gasteiger partial charge in [-0.1, -0.05) is 22.0 Å². The summed E-state index contributed by atoms with van der Waals surface area (Å²) in [6.07, 6.45) is 0. The van der Waals surface area contributed by atoms with Gasteiger partial charge in [0, 0.05) is 35.7 Å². The van der Waals surface area contributed by atoms with Crippen LogP contribution in [0.1, 0.15) is 28.4 Å². The predicted molar refractivity (Wildman–Crippen MR) is 100 cm³/mol. The fraction of sp³-hybridized carbons (Fsp3) is 0.263. The molecule has 4 nitrogen and oxygen atoms in total. The Morgan fingerprint density at radius 1 is 1.04 bits per heavy atom. The molecule has 5 heteroatoms. The third-order valence-corrected chi connectivity index (χ3v) is 4.44. The molecule has 2 aromatic rings. The third kappa shape index (κ3) is 4.68. The molecule has 126 valence electrons. The van der Waals surface area contributed by atoms with Gasteiger partial charge in [0.2, 0.25) is 5.91 Å². The number of amides is 2. The molecule has 0 saturated heterocycles. The van der Waals surface area contributed by atoms with Crippen molar-refractivity contribution < 1.29 is 9.59 Å². The lowest BCUT2D eigenvalue weighted by atomic mass is 10.1. The summed E-state index contributed by atoms with van der Waals surface area (Å²) < 4.78 is 0.927. The smallest absolute Gasteiger partial charge is 0.251 e. The second-order valence-electron chi connectivity index (χ2n) is 5.70. The van der Waals surface area contributed by atoms with Crippen molar-refractivity contribution in [3.63, 3.8) is 0 Å². The minimum absolute atomic E-state index is 0.0452. The Kier molecular flexibility index (Phi) is 6.15. The fourth-order valence-corrected chi connectivity index (χ4v) is 2.61. The minimum atomic E-state index is -0.147. The molecule has 24 heavy (non-hydrogen) atoms. The highest BCUT2D eigenvalue weighted by Gasteiger charge is 2.13. The van der Waals surface area contributed by atoms with Crippen molar-refractivity contribution in [1.29, 1.82) is 0 Å². The van der Waals surface area contributed by atoms with E-state index in [2.05, 4.69) is 21.2 Å². The minimum Gasteiger partial charge on any atom is -0.350 e. The Bertz CT molecular complexity index is 742. The second-order valence-corrected chi connectivity index (χ2v) is 6.62. The van der Waals surface area contributed by atoms with Crippen LogP contribution in [0.15, 0.2) is 46.9 Å². The number of anilines is 1. The molecule has 0 aliphatic heterocycles. The van der Waals surface area contributed by atoms with Crippen molar-refractivity contribution in [1.82, 2.24) is 5.32 Å². The quantitative estimate of drug-likeness (QED) is 0.845. The van der Waals surface area contributed by atoms with E-state index in [0.29, 0.717) is 18.7 Å². The highest BCUT2D eigenvalue weighted by Crippen LogP contribution is 2.18. The molecule has 0 aliphatic rings. The molecule has 0 radical (unpaired) electrons. The van der Waals surface area contributed by atoms with E-state index >= 15 is 0 Å². The molecule has 0 aliphatic carbocycles. The summed E-state index contributed by atoms with van der Waals surface area (Å²) in [4.78, 5) is 25.7. The van der Waals surface area contributed by atoms with E-state index in [-0.39, 0.29) is 11.8 Å². The molecule has 0 saturated carbocycles. The molecule has 0 atom stereocenters. The van der Waals surface area contributed by atoms with E-state index in [0.717, 1.165) is 15.7 Å². The number of carbonyl (C=O) groups excluding carboxylic acids is 2. The number of nitrogens with one attached hydrogen (secondary N) is 1. The fourth-order valence-electron chi connectivity index (χ4n) is 2.35. The lowest BCUT2D eigenvalue weighted by Crippen LogP contribution is -2.37. The van der Waals surface area contributed by atoms with E-state index in [1.807, 2.05) is 44.2 Å². The zero-order chi connectivity index (χ0) is 17.7. The first-order valence-electron chi connectivity index (χ1n) is 7.77. The molecule has 0 fully saturated rings. The van der Waals surface area contributed by atoms with Gasteiger partial charge in [-0.05, 0) is 61.4 Å². The van der Waals surface area contributed by atoms with Crippen molar-refractivity contribution in [3.05, 3.63) is 63.6 Å². The van der Waals surface area contributed by atoms with Crippen LogP contribution >= 0.6 is 15.9 Å². The normalized spacial score (nSPS) is 10.3. The summed E-state index contributed by atoms with van der Waals surface area (Å²) in [7, 11) is 0. The average Bonchev–Trinajstić information content (AvgIpc) is 2.54. The first-order chi connectivity index (χ1) is 11.4. The summed E-state index contributed by atoms with van der Waals surface area (Å²) in [5.41, 5.74) is 3.77. The van der Waals surface area contributed by atoms with Crippen molar-refractivity contribution in [2.75, 3.05) is 18.0 Å². The largest absolute Gasteiger partial charge is 0.350 e. The van der Waals surface area contributed by atoms with Crippen LogP contribution in [-0.2, 0) is 4.79 Å². The maximum Gasteiger partial charge on any atom is 0.251 e. The van der Waals surface area contributed by atoms with Crippen LogP contribution in [0.4, 0.5) is 5.69 Å². The van der Waals surface area contributed by atoms with Gasteiger partial charge in [-0.3, -0.25) is 9.59 Å². The average molecular weight is 389 g/mol. The Hall–Kier alpha value is -2.14. The Morgan fingerprint density at radius 3 is 2.29 bits per heavy atom. The molecule has 0 unspecified atom stereocenters. The van der Waals surface area contributed by atoms with E-state index in [1.165, 1.54) is 12.5 Å². The number of nitrogens with zero attached hydrogens (tertiary/aromatic N) is 1. The molecule has 2 rings (SSSR count). The van der Waals surface area contributed by atoms with Gasteiger partial charge in [0.15, 0.2) is 0 Å². The van der Waals surface area contributed by atoms with E-state index in [4.69, 9.17) is 0 Å². The molecule has 2 aromatic carbocycles. The topological polar surface area (TPSA) is 49.4 Å². The number of hydrogen-bond acceptors (Lipinski definition) is 2. The van der Waals surface area contributed by atoms with Gasteiger partial charge in [0.1, 0.15) is 0 Å². The lowest BCUT2D eigenvalue weighted by Gasteiger charge is -2.22. The maximum absolute atomic E-state index is 12.1. The monoisotopic (exact) mass is 388 g/mol. The molecule has 0 bridgehead atoms. The van der Waals surface area contributed by atoms with Gasteiger partial charge >= 0.3 is 0 Å². The van der Waals surface area contributed by atoms with Crippen LogP contribution in [0.5, 0.6) is 0 Å². The molecular formula is C19H21BrN2O2. The van der Waals surface area contributed by atoms with Crippen molar-refractivity contribution in [2.45, 2.75) is 20.8 Å². The van der Waals surface area contributed by atoms with Gasteiger partial charge in [-0.2, -0.15) is 0 Å². The molecule has 2 amide bonds. The third-order valence-electron chi connectivity index (χ3n) is 3.91. The Balaban J connectivity index is 1.99. The Morgan fingerprint density at radius 2 is 1.71 bits per heavy atom. The van der Waals surface area contributed by atoms with Gasteiger partial charge in [0.25, 0.3) is 5.91 Å². The summed E-state index contributed by atoms with van der Waals surface area (Å²) in [5.74, 6) is -0.192. The van der Waals surface area contributed by atoms with Gasteiger partial charge in [0.05, 0.1) is 0 Å². The first-order valence-corrected chi connectivity index (χ1v) is 8.57. The van der Waals surface area contributed by atoms with Crippen LogP contribution < -0.4 is 10.2 Å². The maximum atomic E-state index is 12.1. The number of carbonyl (C=O) groups is 2. The summed E-state index contributed by atoms with van der Waals surface area (Å²) in [6.45, 7) is 6.41. The highest BCUT2D eigenvalue weighted by molar-refractivity contribution is 9.10. The highest BCUT2D eigenvalue weighted by atomic mass is 79.9. The SMILES string of the molecule is CC(=O)N(CCNC(=O)c1ccc(Br)cc1)c1ccc(C)c(C)c1. The zero-order valence-electron chi connectivity index (χ0n) is 14.1. The standard InChI is InChI=1S/C19H21BrN2O2/c1-13-4-9-18(12-14(13)2)22(15(3)23)11-10-21-19(24)16-5-7-17(20)8-6-16/h4-9,12H,10-11H2,1-3H3,(H,21,24). The van der Waals surface area contributed by atoms with E-state index < -0.39 is 0 Å².